The summed E-state index contributed by atoms with van der Waals surface area (Å²) in [5.41, 5.74) is 0.423. The highest BCUT2D eigenvalue weighted by atomic mass is 35.5. The van der Waals surface area contributed by atoms with Gasteiger partial charge in [0.05, 0.1) is 23.7 Å². The zero-order chi connectivity index (χ0) is 15.5. The number of ether oxygens (including phenoxy) is 1. The fourth-order valence-corrected chi connectivity index (χ4v) is 1.78. The van der Waals surface area contributed by atoms with Crippen LogP contribution < -0.4 is 16.0 Å². The van der Waals surface area contributed by atoms with Gasteiger partial charge >= 0.3 is 0 Å². The van der Waals surface area contributed by atoms with E-state index in [9.17, 15) is 9.59 Å². The van der Waals surface area contributed by atoms with Crippen LogP contribution in [0.25, 0.3) is 0 Å². The van der Waals surface area contributed by atoms with Crippen LogP contribution in [0.4, 0.5) is 0 Å². The van der Waals surface area contributed by atoms with E-state index in [0.29, 0.717) is 36.8 Å². The Labute approximate surface area is 129 Å². The lowest BCUT2D eigenvalue weighted by atomic mass is 10.2. The zero-order valence-electron chi connectivity index (χ0n) is 11.9. The van der Waals surface area contributed by atoms with Gasteiger partial charge in [-0.3, -0.25) is 9.59 Å². The molecule has 0 aromatic heterocycles. The second-order valence-corrected chi connectivity index (χ2v) is 4.66. The quantitative estimate of drug-likeness (QED) is 0.577. The van der Waals surface area contributed by atoms with E-state index >= 15 is 0 Å². The molecule has 0 aliphatic rings. The monoisotopic (exact) mass is 313 g/mol. The van der Waals surface area contributed by atoms with E-state index in [1.807, 2.05) is 0 Å². The molecule has 0 unspecified atom stereocenters. The maximum absolute atomic E-state index is 11.8. The van der Waals surface area contributed by atoms with Crippen LogP contribution >= 0.6 is 11.6 Å². The van der Waals surface area contributed by atoms with Gasteiger partial charge in [0.1, 0.15) is 0 Å². The van der Waals surface area contributed by atoms with Gasteiger partial charge in [-0.05, 0) is 12.1 Å². The molecule has 0 heterocycles. The molecular weight excluding hydrogens is 294 g/mol. The summed E-state index contributed by atoms with van der Waals surface area (Å²) in [6.45, 7) is 2.10. The molecule has 6 nitrogen and oxygen atoms in total. The SMILES string of the molecule is COCCNCC(=O)NCCNC(=O)c1ccccc1Cl. The standard InChI is InChI=1S/C14H20ClN3O3/c1-21-9-8-16-10-13(19)17-6-7-18-14(20)11-4-2-3-5-12(11)15/h2-5,16H,6-10H2,1H3,(H,17,19)(H,18,20). The van der Waals surface area contributed by atoms with Crippen LogP contribution in [-0.2, 0) is 9.53 Å². The molecule has 0 aliphatic carbocycles. The van der Waals surface area contributed by atoms with Gasteiger partial charge in [0.15, 0.2) is 0 Å². The van der Waals surface area contributed by atoms with Crippen LogP contribution in [0.1, 0.15) is 10.4 Å². The topological polar surface area (TPSA) is 79.5 Å². The number of hydrogen-bond donors (Lipinski definition) is 3. The lowest BCUT2D eigenvalue weighted by Gasteiger charge is -2.08. The minimum absolute atomic E-state index is 0.127. The number of amides is 2. The average molecular weight is 314 g/mol. The number of methoxy groups -OCH3 is 1. The van der Waals surface area contributed by atoms with E-state index in [4.69, 9.17) is 16.3 Å². The lowest BCUT2D eigenvalue weighted by molar-refractivity contribution is -0.120. The van der Waals surface area contributed by atoms with Crippen LogP contribution in [0.5, 0.6) is 0 Å². The molecule has 1 aromatic rings. The Morgan fingerprint density at radius 3 is 2.57 bits per heavy atom. The number of halogens is 1. The summed E-state index contributed by atoms with van der Waals surface area (Å²) >= 11 is 5.92. The van der Waals surface area contributed by atoms with Gasteiger partial charge in [0.2, 0.25) is 5.91 Å². The molecule has 7 heteroatoms. The second-order valence-electron chi connectivity index (χ2n) is 4.26. The Morgan fingerprint density at radius 2 is 1.86 bits per heavy atom. The molecule has 0 radical (unpaired) electrons. The average Bonchev–Trinajstić information content (AvgIpc) is 2.48. The lowest BCUT2D eigenvalue weighted by Crippen LogP contribution is -2.39. The van der Waals surface area contributed by atoms with Crippen molar-refractivity contribution in [2.24, 2.45) is 0 Å². The van der Waals surface area contributed by atoms with E-state index in [2.05, 4.69) is 16.0 Å². The van der Waals surface area contributed by atoms with Gasteiger partial charge in [0, 0.05) is 26.7 Å². The summed E-state index contributed by atoms with van der Waals surface area (Å²) in [4.78, 5) is 23.2. The van der Waals surface area contributed by atoms with Gasteiger partial charge in [0.25, 0.3) is 5.91 Å². The first kappa shape index (κ1) is 17.4. The van der Waals surface area contributed by atoms with E-state index in [0.717, 1.165) is 0 Å². The van der Waals surface area contributed by atoms with Gasteiger partial charge < -0.3 is 20.7 Å². The van der Waals surface area contributed by atoms with Crippen molar-refractivity contribution < 1.29 is 14.3 Å². The van der Waals surface area contributed by atoms with Crippen LogP contribution in [0.15, 0.2) is 24.3 Å². The Kier molecular flexibility index (Phi) is 8.42. The molecule has 0 spiro atoms. The third-order valence-electron chi connectivity index (χ3n) is 2.62. The van der Waals surface area contributed by atoms with E-state index < -0.39 is 0 Å². The summed E-state index contributed by atoms with van der Waals surface area (Å²) in [5.74, 6) is -0.383. The molecule has 1 rings (SSSR count). The van der Waals surface area contributed by atoms with E-state index in [1.165, 1.54) is 0 Å². The Hall–Kier alpha value is -1.63. The summed E-state index contributed by atoms with van der Waals surface area (Å²) in [7, 11) is 1.60. The molecule has 0 saturated carbocycles. The molecular formula is C14H20ClN3O3. The molecule has 0 bridgehead atoms. The Balaban J connectivity index is 2.15. The van der Waals surface area contributed by atoms with Crippen LogP contribution in [0.3, 0.4) is 0 Å². The Morgan fingerprint density at radius 1 is 1.14 bits per heavy atom. The summed E-state index contributed by atoms with van der Waals surface area (Å²) < 4.78 is 4.85. The maximum Gasteiger partial charge on any atom is 0.252 e. The number of hydrogen-bond acceptors (Lipinski definition) is 4. The molecule has 1 aromatic carbocycles. The molecule has 116 valence electrons. The third kappa shape index (κ3) is 7.08. The smallest absolute Gasteiger partial charge is 0.252 e. The van der Waals surface area contributed by atoms with E-state index in [1.54, 1.807) is 31.4 Å². The minimum Gasteiger partial charge on any atom is -0.383 e. The van der Waals surface area contributed by atoms with Gasteiger partial charge in [-0.1, -0.05) is 23.7 Å². The van der Waals surface area contributed by atoms with Crippen molar-refractivity contribution in [2.45, 2.75) is 0 Å². The molecule has 0 aliphatic heterocycles. The highest BCUT2D eigenvalue weighted by molar-refractivity contribution is 6.33. The van der Waals surface area contributed by atoms with Crippen molar-refractivity contribution in [3.05, 3.63) is 34.9 Å². The van der Waals surface area contributed by atoms with Crippen LogP contribution in [0, 0.1) is 0 Å². The highest BCUT2D eigenvalue weighted by Gasteiger charge is 2.08. The summed E-state index contributed by atoms with van der Waals surface area (Å²) in [6.07, 6.45) is 0. The first-order valence-corrected chi connectivity index (χ1v) is 7.02. The molecule has 3 N–H and O–H groups in total. The predicted octanol–water partition coefficient (Wildman–Crippen LogP) is 0.422. The highest BCUT2D eigenvalue weighted by Crippen LogP contribution is 2.14. The summed E-state index contributed by atoms with van der Waals surface area (Å²) in [6, 6.07) is 6.81. The second kappa shape index (κ2) is 10.1. The van der Waals surface area contributed by atoms with Gasteiger partial charge in [-0.25, -0.2) is 0 Å². The fourth-order valence-electron chi connectivity index (χ4n) is 1.56. The minimum atomic E-state index is -0.256. The number of carbonyl (C=O) groups excluding carboxylic acids is 2. The van der Waals surface area contributed by atoms with Crippen molar-refractivity contribution in [3.8, 4) is 0 Å². The third-order valence-corrected chi connectivity index (χ3v) is 2.95. The first-order chi connectivity index (χ1) is 10.1. The normalized spacial score (nSPS) is 10.2. The number of benzene rings is 1. The first-order valence-electron chi connectivity index (χ1n) is 6.64. The molecule has 0 fully saturated rings. The number of rotatable bonds is 9. The number of nitrogens with one attached hydrogen (secondary N) is 3. The van der Waals surface area contributed by atoms with Crippen molar-refractivity contribution in [1.82, 2.24) is 16.0 Å². The summed E-state index contributed by atoms with van der Waals surface area (Å²) in [5, 5.41) is 8.72. The van der Waals surface area contributed by atoms with Gasteiger partial charge in [-0.2, -0.15) is 0 Å². The van der Waals surface area contributed by atoms with Crippen molar-refractivity contribution >= 4 is 23.4 Å². The van der Waals surface area contributed by atoms with Crippen molar-refractivity contribution in [1.29, 1.82) is 0 Å². The predicted molar refractivity (Wildman–Crippen MR) is 81.5 cm³/mol. The fraction of sp³-hybridized carbons (Fsp3) is 0.429. The largest absolute Gasteiger partial charge is 0.383 e. The zero-order valence-corrected chi connectivity index (χ0v) is 12.7. The molecule has 21 heavy (non-hydrogen) atoms. The molecule has 2 amide bonds. The molecule has 0 saturated heterocycles. The Bertz CT molecular complexity index is 469. The van der Waals surface area contributed by atoms with E-state index in [-0.39, 0.29) is 18.4 Å². The van der Waals surface area contributed by atoms with Crippen molar-refractivity contribution in [2.75, 3.05) is 39.9 Å². The molecule has 0 atom stereocenters. The van der Waals surface area contributed by atoms with Gasteiger partial charge in [-0.15, -0.1) is 0 Å². The number of carbonyl (C=O) groups is 2. The van der Waals surface area contributed by atoms with Crippen LogP contribution in [-0.4, -0.2) is 51.7 Å². The van der Waals surface area contributed by atoms with Crippen LogP contribution in [0.2, 0.25) is 5.02 Å². The maximum atomic E-state index is 11.8. The van der Waals surface area contributed by atoms with Crippen molar-refractivity contribution in [3.63, 3.8) is 0 Å².